The molecule has 1 aromatic rings. The third kappa shape index (κ3) is 5.89. The Kier molecular flexibility index (Phi) is 4.61. The van der Waals surface area contributed by atoms with Gasteiger partial charge >= 0.3 is 6.09 Å². The zero-order valence-electron chi connectivity index (χ0n) is 11.5. The first-order valence-electron chi connectivity index (χ1n) is 5.79. The molecule has 0 unspecified atom stereocenters. The molecule has 1 amide bonds. The van der Waals surface area contributed by atoms with Gasteiger partial charge in [0.25, 0.3) is 0 Å². The number of rotatable bonds is 3. The predicted octanol–water partition coefficient (Wildman–Crippen LogP) is 1.53. The van der Waals surface area contributed by atoms with Crippen LogP contribution in [0.15, 0.2) is 18.2 Å². The second-order valence-electron chi connectivity index (χ2n) is 5.28. The predicted molar refractivity (Wildman–Crippen MR) is 74.8 cm³/mol. The molecule has 0 atom stereocenters. The highest BCUT2D eigenvalue weighted by Gasteiger charge is 2.17. The fourth-order valence-corrected chi connectivity index (χ4v) is 2.08. The van der Waals surface area contributed by atoms with E-state index in [-0.39, 0.29) is 11.3 Å². The van der Waals surface area contributed by atoms with Crippen LogP contribution in [-0.2, 0) is 20.5 Å². The van der Waals surface area contributed by atoms with Crippen LogP contribution in [0.5, 0.6) is 5.75 Å². The summed E-state index contributed by atoms with van der Waals surface area (Å²) in [6.45, 7) is 5.15. The average molecular weight is 302 g/mol. The summed E-state index contributed by atoms with van der Waals surface area (Å²) < 4.78 is 27.1. The van der Waals surface area contributed by atoms with Gasteiger partial charge < -0.3 is 9.84 Å². The highest BCUT2D eigenvalue weighted by Crippen LogP contribution is 2.23. The number of aromatic hydroxyl groups is 1. The lowest BCUT2D eigenvalue weighted by atomic mass is 10.2. The molecule has 0 aliphatic heterocycles. The number of anilines is 1. The lowest BCUT2D eigenvalue weighted by molar-refractivity contribution is 0.0636. The third-order valence-corrected chi connectivity index (χ3v) is 2.79. The van der Waals surface area contributed by atoms with Crippen LogP contribution in [0.3, 0.4) is 0 Å². The molecule has 0 fully saturated rings. The van der Waals surface area contributed by atoms with Crippen LogP contribution in [0.25, 0.3) is 0 Å². The number of carbonyl (C=O) groups excluding carboxylic acids is 1. The Balaban J connectivity index is 2.88. The van der Waals surface area contributed by atoms with Crippen LogP contribution in [-0.4, -0.2) is 25.2 Å². The van der Waals surface area contributed by atoms with Crippen molar-refractivity contribution >= 4 is 21.8 Å². The number of ether oxygens (including phenoxy) is 1. The molecule has 7 nitrogen and oxygen atoms in total. The Bertz CT molecular complexity index is 605. The van der Waals surface area contributed by atoms with Crippen LogP contribution in [0, 0.1) is 0 Å². The molecule has 0 aromatic heterocycles. The van der Waals surface area contributed by atoms with Crippen LogP contribution in [0.1, 0.15) is 26.3 Å². The summed E-state index contributed by atoms with van der Waals surface area (Å²) >= 11 is 0. The first-order valence-corrected chi connectivity index (χ1v) is 7.50. The summed E-state index contributed by atoms with van der Waals surface area (Å²) in [6.07, 6.45) is -0.676. The Morgan fingerprint density at radius 3 is 2.50 bits per heavy atom. The number of amides is 1. The van der Waals surface area contributed by atoms with Gasteiger partial charge in [-0.3, -0.25) is 5.32 Å². The first kappa shape index (κ1) is 16.3. The van der Waals surface area contributed by atoms with Gasteiger partial charge in [0, 0.05) is 11.3 Å². The molecule has 20 heavy (non-hydrogen) atoms. The van der Waals surface area contributed by atoms with Gasteiger partial charge in [-0.2, -0.15) is 0 Å². The maximum absolute atomic E-state index is 11.6. The summed E-state index contributed by atoms with van der Waals surface area (Å²) in [5, 5.41) is 16.9. The maximum Gasteiger partial charge on any atom is 0.412 e. The van der Waals surface area contributed by atoms with Gasteiger partial charge in [0.1, 0.15) is 11.4 Å². The van der Waals surface area contributed by atoms with Gasteiger partial charge in [0.15, 0.2) is 0 Å². The lowest BCUT2D eigenvalue weighted by Gasteiger charge is -2.19. The van der Waals surface area contributed by atoms with Gasteiger partial charge in [0.05, 0.1) is 5.75 Å². The van der Waals surface area contributed by atoms with E-state index in [4.69, 9.17) is 9.88 Å². The van der Waals surface area contributed by atoms with E-state index in [1.165, 1.54) is 18.2 Å². The fourth-order valence-electron chi connectivity index (χ4n) is 1.42. The van der Waals surface area contributed by atoms with E-state index in [0.717, 1.165) is 0 Å². The van der Waals surface area contributed by atoms with Crippen molar-refractivity contribution in [3.8, 4) is 5.75 Å². The van der Waals surface area contributed by atoms with Crippen molar-refractivity contribution in [2.24, 2.45) is 5.14 Å². The number of primary sulfonamides is 1. The quantitative estimate of drug-likeness (QED) is 0.731. The zero-order valence-corrected chi connectivity index (χ0v) is 12.3. The van der Waals surface area contributed by atoms with E-state index < -0.39 is 27.5 Å². The largest absolute Gasteiger partial charge is 0.508 e. The molecule has 0 saturated heterocycles. The Morgan fingerprint density at radius 1 is 1.40 bits per heavy atom. The van der Waals surface area contributed by atoms with E-state index in [1.54, 1.807) is 20.8 Å². The topological polar surface area (TPSA) is 119 Å². The SMILES string of the molecule is CC(C)(C)OC(=O)Nc1ccc(O)c(CS(N)(=O)=O)c1. The summed E-state index contributed by atoms with van der Waals surface area (Å²) in [4.78, 5) is 11.6. The van der Waals surface area contributed by atoms with E-state index >= 15 is 0 Å². The Hall–Kier alpha value is -1.80. The Morgan fingerprint density at radius 2 is 2.00 bits per heavy atom. The fraction of sp³-hybridized carbons (Fsp3) is 0.417. The van der Waals surface area contributed by atoms with Gasteiger partial charge in [-0.25, -0.2) is 18.4 Å². The molecule has 0 aliphatic rings. The maximum atomic E-state index is 11.6. The van der Waals surface area contributed by atoms with Crippen molar-refractivity contribution in [2.75, 3.05) is 5.32 Å². The van der Waals surface area contributed by atoms with Gasteiger partial charge in [0.2, 0.25) is 10.0 Å². The number of carbonyl (C=O) groups is 1. The van der Waals surface area contributed by atoms with Crippen LogP contribution >= 0.6 is 0 Å². The molecule has 1 aromatic carbocycles. The Labute approximate surface area is 117 Å². The first-order chi connectivity index (χ1) is 8.96. The minimum Gasteiger partial charge on any atom is -0.508 e. The zero-order chi connectivity index (χ0) is 15.6. The third-order valence-electron chi connectivity index (χ3n) is 2.08. The number of phenols is 1. The molecule has 0 saturated carbocycles. The summed E-state index contributed by atoms with van der Waals surface area (Å²) in [7, 11) is -3.78. The van der Waals surface area contributed by atoms with Gasteiger partial charge in [-0.05, 0) is 39.0 Å². The number of sulfonamides is 1. The van der Waals surface area contributed by atoms with Crippen molar-refractivity contribution in [3.63, 3.8) is 0 Å². The van der Waals surface area contributed by atoms with Crippen molar-refractivity contribution in [3.05, 3.63) is 23.8 Å². The molecular formula is C12H18N2O5S. The van der Waals surface area contributed by atoms with Crippen LogP contribution < -0.4 is 10.5 Å². The van der Waals surface area contributed by atoms with Crippen molar-refractivity contribution < 1.29 is 23.1 Å². The molecule has 0 heterocycles. The number of nitrogens with one attached hydrogen (secondary N) is 1. The summed E-state index contributed by atoms with van der Waals surface area (Å²) in [5.74, 6) is -0.739. The second kappa shape index (κ2) is 5.68. The molecule has 0 spiro atoms. The van der Waals surface area contributed by atoms with Crippen molar-refractivity contribution in [1.29, 1.82) is 0 Å². The van der Waals surface area contributed by atoms with E-state index in [0.29, 0.717) is 5.69 Å². The van der Waals surface area contributed by atoms with Crippen LogP contribution in [0.2, 0.25) is 0 Å². The average Bonchev–Trinajstić information content (AvgIpc) is 2.18. The number of nitrogens with two attached hydrogens (primary N) is 1. The van der Waals surface area contributed by atoms with E-state index in [1.807, 2.05) is 0 Å². The minimum atomic E-state index is -3.78. The molecule has 0 radical (unpaired) electrons. The number of hydrogen-bond donors (Lipinski definition) is 3. The monoisotopic (exact) mass is 302 g/mol. The molecule has 0 bridgehead atoms. The summed E-state index contributed by atoms with van der Waals surface area (Å²) in [5.41, 5.74) is -0.249. The molecule has 1 rings (SSSR count). The highest BCUT2D eigenvalue weighted by molar-refractivity contribution is 7.88. The molecule has 4 N–H and O–H groups in total. The number of benzene rings is 1. The van der Waals surface area contributed by atoms with E-state index in [2.05, 4.69) is 5.32 Å². The summed E-state index contributed by atoms with van der Waals surface area (Å²) in [6, 6.07) is 4.02. The normalized spacial score (nSPS) is 12.0. The molecule has 112 valence electrons. The van der Waals surface area contributed by atoms with Crippen molar-refractivity contribution in [1.82, 2.24) is 0 Å². The smallest absolute Gasteiger partial charge is 0.412 e. The standard InChI is InChI=1S/C12H18N2O5S/c1-12(2,3)19-11(16)14-9-4-5-10(15)8(6-9)7-20(13,17)18/h4-6,15H,7H2,1-3H3,(H,14,16)(H2,13,17,18). The molecular weight excluding hydrogens is 284 g/mol. The number of phenolic OH excluding ortho intramolecular Hbond substituents is 1. The van der Waals surface area contributed by atoms with E-state index in [9.17, 15) is 18.3 Å². The second-order valence-corrected chi connectivity index (χ2v) is 6.89. The van der Waals surface area contributed by atoms with Crippen molar-refractivity contribution in [2.45, 2.75) is 32.1 Å². The molecule has 0 aliphatic carbocycles. The highest BCUT2D eigenvalue weighted by atomic mass is 32.2. The minimum absolute atomic E-state index is 0.0982. The lowest BCUT2D eigenvalue weighted by Crippen LogP contribution is -2.27. The number of hydrogen-bond acceptors (Lipinski definition) is 5. The molecule has 8 heteroatoms. The van der Waals surface area contributed by atoms with Crippen LogP contribution in [0.4, 0.5) is 10.5 Å². The van der Waals surface area contributed by atoms with Gasteiger partial charge in [-0.1, -0.05) is 0 Å². The van der Waals surface area contributed by atoms with Gasteiger partial charge in [-0.15, -0.1) is 0 Å².